The third-order valence-corrected chi connectivity index (χ3v) is 3.76. The van der Waals surface area contributed by atoms with Gasteiger partial charge in [0.2, 0.25) is 0 Å². The summed E-state index contributed by atoms with van der Waals surface area (Å²) in [5, 5.41) is 12.7. The van der Waals surface area contributed by atoms with Crippen molar-refractivity contribution in [2.45, 2.75) is 11.8 Å². The number of nitrogens with one attached hydrogen (secondary N) is 1. The van der Waals surface area contributed by atoms with Crippen molar-refractivity contribution in [3.8, 4) is 11.8 Å². The van der Waals surface area contributed by atoms with Crippen LogP contribution in [0, 0.1) is 18.3 Å². The maximum Gasteiger partial charge on any atom is 0.142 e. The molecule has 0 bridgehead atoms. The number of methoxy groups -OCH3 is 1. The molecule has 0 amide bonds. The molecule has 3 nitrogen and oxygen atoms in total. The van der Waals surface area contributed by atoms with Gasteiger partial charge < -0.3 is 10.1 Å². The van der Waals surface area contributed by atoms with Crippen molar-refractivity contribution in [2.24, 2.45) is 0 Å². The Balaban J connectivity index is 2.45. The van der Waals surface area contributed by atoms with Crippen molar-refractivity contribution in [2.75, 3.05) is 18.7 Å². The zero-order valence-corrected chi connectivity index (χ0v) is 12.5. The highest BCUT2D eigenvalue weighted by Crippen LogP contribution is 2.32. The minimum Gasteiger partial charge on any atom is -0.495 e. The van der Waals surface area contributed by atoms with E-state index in [1.54, 1.807) is 18.9 Å². The molecule has 0 radical (unpaired) electrons. The maximum absolute atomic E-state index is 9.35. The Morgan fingerprint density at radius 2 is 2.00 bits per heavy atom. The van der Waals surface area contributed by atoms with Crippen LogP contribution in [-0.4, -0.2) is 13.4 Å². The van der Waals surface area contributed by atoms with Crippen LogP contribution in [0.3, 0.4) is 0 Å². The number of thioether (sulfide) groups is 1. The Kier molecular flexibility index (Phi) is 4.54. The molecule has 0 aromatic heterocycles. The Hall–Kier alpha value is -2.12. The maximum atomic E-state index is 9.35. The molecule has 20 heavy (non-hydrogen) atoms. The highest BCUT2D eigenvalue weighted by atomic mass is 32.2. The minimum atomic E-state index is 0.656. The number of ether oxygens (including phenoxy) is 1. The number of nitriles is 1. The molecule has 0 fully saturated rings. The van der Waals surface area contributed by atoms with Crippen LogP contribution in [-0.2, 0) is 0 Å². The van der Waals surface area contributed by atoms with Gasteiger partial charge in [0.1, 0.15) is 11.8 Å². The number of hydrogen-bond acceptors (Lipinski definition) is 4. The number of nitrogens with zero attached hydrogens (tertiary/aromatic N) is 1. The lowest BCUT2D eigenvalue weighted by atomic mass is 10.1. The molecule has 0 aliphatic heterocycles. The number of aryl methyl sites for hydroxylation is 1. The lowest BCUT2D eigenvalue weighted by Gasteiger charge is -2.14. The van der Waals surface area contributed by atoms with E-state index in [2.05, 4.69) is 11.4 Å². The first-order valence-electron chi connectivity index (χ1n) is 6.18. The predicted octanol–water partition coefficient (Wildman–Crippen LogP) is 4.34. The van der Waals surface area contributed by atoms with Gasteiger partial charge in [-0.3, -0.25) is 0 Å². The lowest BCUT2D eigenvalue weighted by Crippen LogP contribution is -1.98. The standard InChI is InChI=1S/C16H16N2OS/c1-11-7-8-15(19-2)14(9-11)18-13-5-4-6-16(20-3)12(13)10-17/h4-9,18H,1-3H3. The summed E-state index contributed by atoms with van der Waals surface area (Å²) < 4.78 is 5.35. The molecule has 1 N–H and O–H groups in total. The smallest absolute Gasteiger partial charge is 0.142 e. The molecular formula is C16H16N2OS. The largest absolute Gasteiger partial charge is 0.495 e. The van der Waals surface area contributed by atoms with E-state index in [0.717, 1.165) is 27.6 Å². The van der Waals surface area contributed by atoms with Gasteiger partial charge >= 0.3 is 0 Å². The predicted molar refractivity (Wildman–Crippen MR) is 84.0 cm³/mol. The highest BCUT2D eigenvalue weighted by molar-refractivity contribution is 7.98. The van der Waals surface area contributed by atoms with E-state index < -0.39 is 0 Å². The summed E-state index contributed by atoms with van der Waals surface area (Å²) in [7, 11) is 1.64. The van der Waals surface area contributed by atoms with Crippen molar-refractivity contribution < 1.29 is 4.74 Å². The molecule has 0 aliphatic rings. The summed E-state index contributed by atoms with van der Waals surface area (Å²) >= 11 is 1.56. The number of rotatable bonds is 4. The van der Waals surface area contributed by atoms with Crippen LogP contribution in [0.1, 0.15) is 11.1 Å². The summed E-state index contributed by atoms with van der Waals surface area (Å²) in [4.78, 5) is 0.962. The van der Waals surface area contributed by atoms with Gasteiger partial charge in [-0.25, -0.2) is 0 Å². The van der Waals surface area contributed by atoms with Crippen LogP contribution in [0.25, 0.3) is 0 Å². The molecular weight excluding hydrogens is 268 g/mol. The van der Waals surface area contributed by atoms with Gasteiger partial charge in [0.15, 0.2) is 0 Å². The van der Waals surface area contributed by atoms with Crippen LogP contribution >= 0.6 is 11.8 Å². The van der Waals surface area contributed by atoms with Crippen LogP contribution < -0.4 is 10.1 Å². The summed E-state index contributed by atoms with van der Waals surface area (Å²) in [6.45, 7) is 2.02. The number of benzene rings is 2. The van der Waals surface area contributed by atoms with Crippen LogP contribution in [0.4, 0.5) is 11.4 Å². The van der Waals surface area contributed by atoms with Crippen molar-refractivity contribution in [1.82, 2.24) is 0 Å². The van der Waals surface area contributed by atoms with Gasteiger partial charge in [-0.2, -0.15) is 5.26 Å². The van der Waals surface area contributed by atoms with E-state index in [1.807, 2.05) is 49.6 Å². The fourth-order valence-electron chi connectivity index (χ4n) is 1.99. The summed E-state index contributed by atoms with van der Waals surface area (Å²) in [6.07, 6.45) is 1.97. The number of hydrogen-bond donors (Lipinski definition) is 1. The van der Waals surface area contributed by atoms with Gasteiger partial charge in [-0.15, -0.1) is 11.8 Å². The van der Waals surface area contributed by atoms with Crippen molar-refractivity contribution in [1.29, 1.82) is 5.26 Å². The van der Waals surface area contributed by atoms with Crippen LogP contribution in [0.5, 0.6) is 5.75 Å². The first-order valence-corrected chi connectivity index (χ1v) is 7.41. The number of anilines is 2. The first kappa shape index (κ1) is 14.3. The summed E-state index contributed by atoms with van der Waals surface area (Å²) in [5.74, 6) is 0.758. The van der Waals surface area contributed by atoms with E-state index in [-0.39, 0.29) is 0 Å². The van der Waals surface area contributed by atoms with E-state index in [4.69, 9.17) is 4.74 Å². The minimum absolute atomic E-state index is 0.656. The average molecular weight is 284 g/mol. The second-order valence-corrected chi connectivity index (χ2v) is 5.17. The quantitative estimate of drug-likeness (QED) is 0.848. The molecule has 2 rings (SSSR count). The van der Waals surface area contributed by atoms with Crippen molar-refractivity contribution >= 4 is 23.1 Å². The Labute approximate surface area is 123 Å². The molecule has 0 saturated heterocycles. The fraction of sp³-hybridized carbons (Fsp3) is 0.188. The van der Waals surface area contributed by atoms with Gasteiger partial charge in [0.25, 0.3) is 0 Å². The molecule has 2 aromatic carbocycles. The molecule has 0 unspecified atom stereocenters. The third kappa shape index (κ3) is 2.89. The van der Waals surface area contributed by atoms with E-state index in [0.29, 0.717) is 5.56 Å². The molecule has 2 aromatic rings. The molecule has 0 spiro atoms. The first-order chi connectivity index (χ1) is 9.69. The van der Waals surface area contributed by atoms with Crippen LogP contribution in [0.15, 0.2) is 41.3 Å². The molecule has 4 heteroatoms. The van der Waals surface area contributed by atoms with E-state index >= 15 is 0 Å². The normalized spacial score (nSPS) is 9.90. The fourth-order valence-corrected chi connectivity index (χ4v) is 2.56. The Morgan fingerprint density at radius 3 is 2.65 bits per heavy atom. The molecule has 0 saturated carbocycles. The lowest BCUT2D eigenvalue weighted by molar-refractivity contribution is 0.416. The molecule has 0 aliphatic carbocycles. The summed E-state index contributed by atoms with van der Waals surface area (Å²) in [5.41, 5.74) is 3.45. The Bertz CT molecular complexity index is 662. The van der Waals surface area contributed by atoms with Gasteiger partial charge in [0.05, 0.1) is 24.0 Å². The van der Waals surface area contributed by atoms with E-state index in [1.165, 1.54) is 0 Å². The van der Waals surface area contributed by atoms with Gasteiger partial charge in [-0.05, 0) is 43.0 Å². The van der Waals surface area contributed by atoms with Crippen molar-refractivity contribution in [3.05, 3.63) is 47.5 Å². The monoisotopic (exact) mass is 284 g/mol. The van der Waals surface area contributed by atoms with E-state index in [9.17, 15) is 5.26 Å². The second kappa shape index (κ2) is 6.36. The topological polar surface area (TPSA) is 45.0 Å². The van der Waals surface area contributed by atoms with Gasteiger partial charge in [-0.1, -0.05) is 12.1 Å². The Morgan fingerprint density at radius 1 is 1.20 bits per heavy atom. The summed E-state index contributed by atoms with van der Waals surface area (Å²) in [6, 6.07) is 14.0. The highest BCUT2D eigenvalue weighted by Gasteiger charge is 2.10. The molecule has 102 valence electrons. The van der Waals surface area contributed by atoms with Gasteiger partial charge in [0, 0.05) is 4.90 Å². The average Bonchev–Trinajstić information content (AvgIpc) is 2.47. The molecule has 0 atom stereocenters. The zero-order valence-electron chi connectivity index (χ0n) is 11.7. The zero-order chi connectivity index (χ0) is 14.5. The van der Waals surface area contributed by atoms with Crippen molar-refractivity contribution in [3.63, 3.8) is 0 Å². The van der Waals surface area contributed by atoms with Crippen LogP contribution in [0.2, 0.25) is 0 Å². The third-order valence-electron chi connectivity index (χ3n) is 2.98. The SMILES string of the molecule is COc1ccc(C)cc1Nc1cccc(SC)c1C#N. The molecule has 0 heterocycles. The second-order valence-electron chi connectivity index (χ2n) is 4.32.